The number of aromatic amines is 1. The maximum Gasteiger partial charge on any atom is 0.270 e. The van der Waals surface area contributed by atoms with Gasteiger partial charge in [-0.1, -0.05) is 6.07 Å². The molecule has 8 nitrogen and oxygen atoms in total. The molecule has 0 aliphatic carbocycles. The number of nitrogens with one attached hydrogen (secondary N) is 1. The lowest BCUT2D eigenvalue weighted by molar-refractivity contribution is 0.0623. The molecule has 2 heterocycles. The Bertz CT molecular complexity index is 1150. The van der Waals surface area contributed by atoms with Crippen LogP contribution in [-0.2, 0) is 6.54 Å². The highest BCUT2D eigenvalue weighted by atomic mass is 19.1. The highest BCUT2D eigenvalue weighted by molar-refractivity contribution is 6.02. The number of rotatable bonds is 7. The molecule has 0 atom stereocenters. The van der Waals surface area contributed by atoms with Crippen LogP contribution >= 0.6 is 0 Å². The van der Waals surface area contributed by atoms with Crippen molar-refractivity contribution in [2.45, 2.75) is 6.54 Å². The minimum absolute atomic E-state index is 0.0931. The number of carbonyl (C=O) groups is 1. The minimum Gasteiger partial charge on any atom is -0.496 e. The van der Waals surface area contributed by atoms with E-state index in [2.05, 4.69) is 9.88 Å². The Morgan fingerprint density at radius 1 is 0.909 bits per heavy atom. The van der Waals surface area contributed by atoms with E-state index in [0.717, 1.165) is 10.9 Å². The van der Waals surface area contributed by atoms with Crippen LogP contribution in [0.15, 0.2) is 30.3 Å². The number of halogens is 1. The van der Waals surface area contributed by atoms with Gasteiger partial charge in [-0.3, -0.25) is 9.69 Å². The van der Waals surface area contributed by atoms with Crippen LogP contribution in [0.3, 0.4) is 0 Å². The number of hydrogen-bond acceptors (Lipinski definition) is 6. The lowest BCUT2D eigenvalue weighted by atomic mass is 10.1. The number of fused-ring (bicyclic) bond motifs is 1. The molecule has 3 aromatic rings. The highest BCUT2D eigenvalue weighted by Crippen LogP contribution is 2.41. The van der Waals surface area contributed by atoms with Gasteiger partial charge in [0.15, 0.2) is 23.1 Å². The second kappa shape index (κ2) is 9.58. The number of piperazine rings is 1. The molecule has 0 radical (unpaired) electrons. The number of nitrogens with zero attached hydrogens (tertiary/aromatic N) is 2. The van der Waals surface area contributed by atoms with E-state index in [0.29, 0.717) is 61.2 Å². The fourth-order valence-electron chi connectivity index (χ4n) is 4.20. The molecule has 1 N–H and O–H groups in total. The molecule has 0 saturated carbocycles. The van der Waals surface area contributed by atoms with Gasteiger partial charge in [0.25, 0.3) is 5.91 Å². The average Bonchev–Trinajstić information content (AvgIpc) is 3.28. The maximum atomic E-state index is 14.0. The number of methoxy groups -OCH3 is 4. The van der Waals surface area contributed by atoms with E-state index in [4.69, 9.17) is 18.9 Å². The molecule has 176 valence electrons. The van der Waals surface area contributed by atoms with Crippen molar-refractivity contribution >= 4 is 16.8 Å². The molecule has 1 fully saturated rings. The summed E-state index contributed by atoms with van der Waals surface area (Å²) in [5, 5.41) is 0.749. The van der Waals surface area contributed by atoms with Gasteiger partial charge < -0.3 is 28.8 Å². The fraction of sp³-hybridized carbons (Fsp3) is 0.375. The maximum absolute atomic E-state index is 14.0. The molecule has 0 bridgehead atoms. The summed E-state index contributed by atoms with van der Waals surface area (Å²) in [7, 11) is 6.13. The van der Waals surface area contributed by atoms with Gasteiger partial charge >= 0.3 is 0 Å². The molecule has 1 aliphatic heterocycles. The summed E-state index contributed by atoms with van der Waals surface area (Å²) in [6, 6.07) is 8.52. The Kier molecular flexibility index (Phi) is 6.60. The van der Waals surface area contributed by atoms with Crippen molar-refractivity contribution in [3.05, 3.63) is 47.4 Å². The van der Waals surface area contributed by atoms with Crippen molar-refractivity contribution in [2.24, 2.45) is 0 Å². The minimum atomic E-state index is -0.370. The Morgan fingerprint density at radius 3 is 2.21 bits per heavy atom. The van der Waals surface area contributed by atoms with E-state index < -0.39 is 0 Å². The zero-order valence-electron chi connectivity index (χ0n) is 19.2. The summed E-state index contributed by atoms with van der Waals surface area (Å²) in [5.41, 5.74) is 1.98. The SMILES string of the molecule is COc1ccc(CN2CCN(C(=O)c3cc4c(OC)cc(OC)c(OC)c4[nH]3)CC2)cc1F. The predicted molar refractivity (Wildman–Crippen MR) is 122 cm³/mol. The largest absolute Gasteiger partial charge is 0.496 e. The van der Waals surface area contributed by atoms with E-state index in [9.17, 15) is 9.18 Å². The quantitative estimate of drug-likeness (QED) is 0.587. The van der Waals surface area contributed by atoms with Crippen LogP contribution in [0.1, 0.15) is 16.1 Å². The standard InChI is InChI=1S/C24H28FN3O5/c1-30-19-6-5-15(11-17(19)25)14-27-7-9-28(10-8-27)24(29)18-12-16-20(31-2)13-21(32-3)23(33-4)22(16)26-18/h5-6,11-13,26H,7-10,14H2,1-4H3. The number of aromatic nitrogens is 1. The molecule has 9 heteroatoms. The molecule has 1 aliphatic rings. The fourth-order valence-corrected chi connectivity index (χ4v) is 4.20. The summed E-state index contributed by atoms with van der Waals surface area (Å²) in [6.45, 7) is 3.15. The van der Waals surface area contributed by atoms with Crippen LogP contribution in [0.25, 0.3) is 10.9 Å². The first-order valence-electron chi connectivity index (χ1n) is 10.6. The number of carbonyl (C=O) groups excluding carboxylic acids is 1. The first kappa shape index (κ1) is 22.7. The molecule has 1 amide bonds. The number of hydrogen-bond donors (Lipinski definition) is 1. The Labute approximate surface area is 191 Å². The molecule has 2 aromatic carbocycles. The third-order valence-corrected chi connectivity index (χ3v) is 5.95. The summed E-state index contributed by atoms with van der Waals surface area (Å²) >= 11 is 0. The van der Waals surface area contributed by atoms with Gasteiger partial charge in [0.1, 0.15) is 11.4 Å². The van der Waals surface area contributed by atoms with Crippen molar-refractivity contribution in [2.75, 3.05) is 54.6 Å². The van der Waals surface area contributed by atoms with Crippen LogP contribution < -0.4 is 18.9 Å². The van der Waals surface area contributed by atoms with Crippen molar-refractivity contribution in [3.63, 3.8) is 0 Å². The van der Waals surface area contributed by atoms with E-state index in [1.165, 1.54) is 13.2 Å². The van der Waals surface area contributed by atoms with Crippen LogP contribution in [-0.4, -0.2) is 75.3 Å². The van der Waals surface area contributed by atoms with Gasteiger partial charge in [-0.05, 0) is 23.8 Å². The first-order chi connectivity index (χ1) is 16.0. The summed E-state index contributed by atoms with van der Waals surface area (Å²) in [4.78, 5) is 20.4. The van der Waals surface area contributed by atoms with Crippen molar-refractivity contribution in [1.82, 2.24) is 14.8 Å². The molecule has 1 saturated heterocycles. The monoisotopic (exact) mass is 457 g/mol. The van der Waals surface area contributed by atoms with Crippen molar-refractivity contribution in [1.29, 1.82) is 0 Å². The van der Waals surface area contributed by atoms with Gasteiger partial charge in [0.05, 0.1) is 34.0 Å². The Hall–Kier alpha value is -3.46. The Balaban J connectivity index is 1.47. The van der Waals surface area contributed by atoms with Crippen molar-refractivity contribution in [3.8, 4) is 23.0 Å². The highest BCUT2D eigenvalue weighted by Gasteiger charge is 2.25. The summed E-state index contributed by atoms with van der Waals surface area (Å²) in [6.07, 6.45) is 0. The van der Waals surface area contributed by atoms with Crippen LogP contribution in [0.5, 0.6) is 23.0 Å². The van der Waals surface area contributed by atoms with Gasteiger partial charge in [0.2, 0.25) is 0 Å². The molecule has 0 spiro atoms. The molecule has 33 heavy (non-hydrogen) atoms. The second-order valence-electron chi connectivity index (χ2n) is 7.82. The molecule has 1 aromatic heterocycles. The number of H-pyrrole nitrogens is 1. The molecule has 0 unspecified atom stereocenters. The smallest absolute Gasteiger partial charge is 0.270 e. The van der Waals surface area contributed by atoms with Crippen molar-refractivity contribution < 1.29 is 28.1 Å². The number of benzene rings is 2. The number of amides is 1. The summed E-state index contributed by atoms with van der Waals surface area (Å²) < 4.78 is 35.3. The molecular formula is C24H28FN3O5. The Morgan fingerprint density at radius 2 is 1.61 bits per heavy atom. The zero-order valence-corrected chi connectivity index (χ0v) is 19.2. The van der Waals surface area contributed by atoms with Gasteiger partial charge in [-0.2, -0.15) is 0 Å². The third-order valence-electron chi connectivity index (χ3n) is 5.95. The van der Waals surface area contributed by atoms with Gasteiger partial charge in [0, 0.05) is 44.2 Å². The zero-order chi connectivity index (χ0) is 23.5. The lowest BCUT2D eigenvalue weighted by Crippen LogP contribution is -2.48. The third kappa shape index (κ3) is 4.41. The lowest BCUT2D eigenvalue weighted by Gasteiger charge is -2.34. The summed E-state index contributed by atoms with van der Waals surface area (Å²) in [5.74, 6) is 1.40. The van der Waals surface area contributed by atoms with E-state index in [1.807, 2.05) is 11.0 Å². The topological polar surface area (TPSA) is 76.3 Å². The predicted octanol–water partition coefficient (Wildman–Crippen LogP) is 3.30. The van der Waals surface area contributed by atoms with Crippen LogP contribution in [0.2, 0.25) is 0 Å². The number of ether oxygens (including phenoxy) is 4. The molecular weight excluding hydrogens is 429 g/mol. The van der Waals surface area contributed by atoms with Crippen LogP contribution in [0, 0.1) is 5.82 Å². The van der Waals surface area contributed by atoms with Crippen LogP contribution in [0.4, 0.5) is 4.39 Å². The van der Waals surface area contributed by atoms with Gasteiger partial charge in [-0.25, -0.2) is 4.39 Å². The van der Waals surface area contributed by atoms with E-state index in [1.54, 1.807) is 39.5 Å². The van der Waals surface area contributed by atoms with E-state index in [-0.39, 0.29) is 17.5 Å². The van der Waals surface area contributed by atoms with Gasteiger partial charge in [-0.15, -0.1) is 0 Å². The normalized spacial score (nSPS) is 14.4. The molecule has 4 rings (SSSR count). The average molecular weight is 458 g/mol. The van der Waals surface area contributed by atoms with E-state index >= 15 is 0 Å². The first-order valence-corrected chi connectivity index (χ1v) is 10.6. The second-order valence-corrected chi connectivity index (χ2v) is 7.82.